The molecule has 0 heterocycles. The molecular weight excluding hydrogens is 535 g/mol. The highest BCUT2D eigenvalue weighted by molar-refractivity contribution is 7.98. The van der Waals surface area contributed by atoms with Crippen LogP contribution in [-0.4, -0.2) is 33.2 Å². The lowest BCUT2D eigenvalue weighted by atomic mass is 10.2. The van der Waals surface area contributed by atoms with E-state index in [9.17, 15) is 13.2 Å². The fourth-order valence-electron chi connectivity index (χ4n) is 3.17. The molecule has 0 aliphatic heterocycles. The molecule has 0 fully saturated rings. The molecule has 10 heteroatoms. The maximum Gasteiger partial charge on any atom is 0.264 e. The van der Waals surface area contributed by atoms with E-state index in [0.717, 1.165) is 15.4 Å². The van der Waals surface area contributed by atoms with Crippen LogP contribution in [0.25, 0.3) is 0 Å². The Morgan fingerprint density at radius 1 is 0.941 bits per heavy atom. The van der Waals surface area contributed by atoms with Gasteiger partial charge in [-0.2, -0.15) is 11.8 Å². The van der Waals surface area contributed by atoms with E-state index in [-0.39, 0.29) is 11.4 Å². The number of anilines is 1. The lowest BCUT2D eigenvalue weighted by Gasteiger charge is -2.25. The van der Waals surface area contributed by atoms with Crippen LogP contribution in [0.2, 0.25) is 15.1 Å². The summed E-state index contributed by atoms with van der Waals surface area (Å²) in [6.07, 6.45) is 0. The van der Waals surface area contributed by atoms with E-state index in [1.165, 1.54) is 24.3 Å². The molecule has 3 rings (SSSR count). The number of benzene rings is 3. The maximum atomic E-state index is 13.4. The first-order valence-electron chi connectivity index (χ1n) is 10.3. The van der Waals surface area contributed by atoms with Gasteiger partial charge in [0.15, 0.2) is 0 Å². The van der Waals surface area contributed by atoms with Crippen molar-refractivity contribution in [1.29, 1.82) is 0 Å². The van der Waals surface area contributed by atoms with E-state index in [0.29, 0.717) is 38.8 Å². The van der Waals surface area contributed by atoms with Crippen molar-refractivity contribution in [2.24, 2.45) is 0 Å². The summed E-state index contributed by atoms with van der Waals surface area (Å²) >= 11 is 19.9. The van der Waals surface area contributed by atoms with Crippen LogP contribution >= 0.6 is 46.6 Å². The van der Waals surface area contributed by atoms with Crippen molar-refractivity contribution in [2.45, 2.75) is 17.6 Å². The number of thioether (sulfide) groups is 1. The summed E-state index contributed by atoms with van der Waals surface area (Å²) in [6, 6.07) is 18.3. The van der Waals surface area contributed by atoms with Gasteiger partial charge in [0.1, 0.15) is 6.54 Å². The van der Waals surface area contributed by atoms with Crippen LogP contribution < -0.4 is 9.62 Å². The number of hydrogen-bond donors (Lipinski definition) is 1. The predicted octanol–water partition coefficient (Wildman–Crippen LogP) is 6.20. The van der Waals surface area contributed by atoms with Crippen LogP contribution in [-0.2, 0) is 20.6 Å². The van der Waals surface area contributed by atoms with Gasteiger partial charge in [0, 0.05) is 33.1 Å². The van der Waals surface area contributed by atoms with E-state index in [1.807, 2.05) is 6.07 Å². The highest BCUT2D eigenvalue weighted by Crippen LogP contribution is 2.29. The van der Waals surface area contributed by atoms with Gasteiger partial charge in [-0.25, -0.2) is 8.42 Å². The highest BCUT2D eigenvalue weighted by atomic mass is 35.5. The van der Waals surface area contributed by atoms with Crippen molar-refractivity contribution < 1.29 is 13.2 Å². The Morgan fingerprint density at radius 3 is 2.24 bits per heavy atom. The molecular formula is C24H23Cl3N2O3S2. The topological polar surface area (TPSA) is 66.5 Å². The third-order valence-electron chi connectivity index (χ3n) is 4.95. The minimum absolute atomic E-state index is 0.0557. The number of carbonyl (C=O) groups is 1. The summed E-state index contributed by atoms with van der Waals surface area (Å²) in [5, 5.41) is 4.43. The third kappa shape index (κ3) is 6.83. The van der Waals surface area contributed by atoms with Gasteiger partial charge in [-0.15, -0.1) is 0 Å². The maximum absolute atomic E-state index is 13.4. The first kappa shape index (κ1) is 26.7. The Labute approximate surface area is 219 Å². The minimum Gasteiger partial charge on any atom is -0.354 e. The van der Waals surface area contributed by atoms with Gasteiger partial charge in [0.2, 0.25) is 5.91 Å². The molecule has 180 valence electrons. The van der Waals surface area contributed by atoms with Gasteiger partial charge in [0.05, 0.1) is 10.6 Å². The second-order valence-electron chi connectivity index (χ2n) is 7.35. The number of sulfonamides is 1. The van der Waals surface area contributed by atoms with Gasteiger partial charge < -0.3 is 5.32 Å². The Bertz CT molecular complexity index is 1230. The van der Waals surface area contributed by atoms with Gasteiger partial charge in [0.25, 0.3) is 10.0 Å². The van der Waals surface area contributed by atoms with Crippen molar-refractivity contribution >= 4 is 68.2 Å². The van der Waals surface area contributed by atoms with Crippen LogP contribution in [0, 0.1) is 6.92 Å². The Kier molecular flexibility index (Phi) is 9.56. The molecule has 0 aliphatic carbocycles. The summed E-state index contributed by atoms with van der Waals surface area (Å²) < 4.78 is 27.9. The van der Waals surface area contributed by atoms with Crippen LogP contribution in [0.3, 0.4) is 0 Å². The molecule has 34 heavy (non-hydrogen) atoms. The SMILES string of the molecule is Cc1ccccc1N(CC(=O)NCCSCc1c(Cl)cccc1Cl)S(=O)(=O)c1ccc(Cl)cc1. The smallest absolute Gasteiger partial charge is 0.264 e. The number of nitrogens with one attached hydrogen (secondary N) is 1. The third-order valence-corrected chi connectivity index (χ3v) is 8.67. The Balaban J connectivity index is 1.66. The van der Waals surface area contributed by atoms with Crippen LogP contribution in [0.4, 0.5) is 5.69 Å². The van der Waals surface area contributed by atoms with Crippen molar-refractivity contribution in [3.63, 3.8) is 0 Å². The second-order valence-corrected chi connectivity index (χ2v) is 11.6. The van der Waals surface area contributed by atoms with Crippen molar-refractivity contribution in [2.75, 3.05) is 23.1 Å². The minimum atomic E-state index is -3.99. The van der Waals surface area contributed by atoms with Crippen LogP contribution in [0.1, 0.15) is 11.1 Å². The Hall–Kier alpha value is -1.90. The molecule has 0 saturated carbocycles. The summed E-state index contributed by atoms with van der Waals surface area (Å²) in [4.78, 5) is 12.8. The monoisotopic (exact) mass is 556 g/mol. The first-order valence-corrected chi connectivity index (χ1v) is 14.0. The number of rotatable bonds is 10. The molecule has 0 atom stereocenters. The quantitative estimate of drug-likeness (QED) is 0.301. The van der Waals surface area contributed by atoms with Gasteiger partial charge in [-0.3, -0.25) is 9.10 Å². The molecule has 0 aliphatic rings. The largest absolute Gasteiger partial charge is 0.354 e. The van der Waals surface area contributed by atoms with E-state index in [1.54, 1.807) is 55.1 Å². The predicted molar refractivity (Wildman–Crippen MR) is 143 cm³/mol. The number of amides is 1. The lowest BCUT2D eigenvalue weighted by Crippen LogP contribution is -2.41. The fourth-order valence-corrected chi connectivity index (χ4v) is 6.38. The number of nitrogens with zero attached hydrogens (tertiary/aromatic N) is 1. The highest BCUT2D eigenvalue weighted by Gasteiger charge is 2.28. The zero-order chi connectivity index (χ0) is 24.7. The van der Waals surface area contributed by atoms with E-state index < -0.39 is 15.9 Å². The van der Waals surface area contributed by atoms with Crippen LogP contribution in [0.5, 0.6) is 0 Å². The molecule has 0 aromatic heterocycles. The standard InChI is InChI=1S/C24H23Cl3N2O3S2/c1-17-5-2-3-8-23(17)29(34(31,32)19-11-9-18(25)10-12-19)15-24(30)28-13-14-33-16-20-21(26)6-4-7-22(20)27/h2-12H,13-16H2,1H3,(H,28,30). The second kappa shape index (κ2) is 12.2. The zero-order valence-electron chi connectivity index (χ0n) is 18.3. The molecule has 0 unspecified atom stereocenters. The normalized spacial score (nSPS) is 11.3. The summed E-state index contributed by atoms with van der Waals surface area (Å²) in [5.41, 5.74) is 2.03. The molecule has 0 radical (unpaired) electrons. The van der Waals surface area contributed by atoms with E-state index in [2.05, 4.69) is 5.32 Å². The van der Waals surface area contributed by atoms with E-state index >= 15 is 0 Å². The van der Waals surface area contributed by atoms with Crippen molar-refractivity contribution in [3.8, 4) is 0 Å². The summed E-state index contributed by atoms with van der Waals surface area (Å²) in [6.45, 7) is 1.82. The summed E-state index contributed by atoms with van der Waals surface area (Å²) in [7, 11) is -3.99. The van der Waals surface area contributed by atoms with E-state index in [4.69, 9.17) is 34.8 Å². The van der Waals surface area contributed by atoms with Gasteiger partial charge in [-0.1, -0.05) is 59.1 Å². The fraction of sp³-hybridized carbons (Fsp3) is 0.208. The van der Waals surface area contributed by atoms with Crippen LogP contribution in [0.15, 0.2) is 71.6 Å². The molecule has 0 spiro atoms. The number of halogens is 3. The zero-order valence-corrected chi connectivity index (χ0v) is 22.2. The summed E-state index contributed by atoms with van der Waals surface area (Å²) in [5.74, 6) is 0.813. The lowest BCUT2D eigenvalue weighted by molar-refractivity contribution is -0.119. The average Bonchev–Trinajstić information content (AvgIpc) is 2.80. The number of carbonyl (C=O) groups excluding carboxylic acids is 1. The number of aryl methyl sites for hydroxylation is 1. The van der Waals surface area contributed by atoms with Gasteiger partial charge in [-0.05, 0) is 60.5 Å². The molecule has 0 bridgehead atoms. The molecule has 3 aromatic rings. The molecule has 5 nitrogen and oxygen atoms in total. The Morgan fingerprint density at radius 2 is 1.59 bits per heavy atom. The molecule has 1 N–H and O–H groups in total. The number of hydrogen-bond acceptors (Lipinski definition) is 4. The number of para-hydroxylation sites is 1. The first-order chi connectivity index (χ1) is 16.2. The molecule has 0 saturated heterocycles. The van der Waals surface area contributed by atoms with Gasteiger partial charge >= 0.3 is 0 Å². The molecule has 1 amide bonds. The van der Waals surface area contributed by atoms with Crippen molar-refractivity contribution in [1.82, 2.24) is 5.32 Å². The molecule has 3 aromatic carbocycles. The average molecular weight is 558 g/mol. The van der Waals surface area contributed by atoms with Crippen molar-refractivity contribution in [3.05, 3.63) is 92.9 Å².